The number of hydrogen-bond donors (Lipinski definition) is 8. The van der Waals surface area contributed by atoms with E-state index in [4.69, 9.17) is 11.1 Å². The minimum Gasteiger partial charge on any atom is -0.370 e. The van der Waals surface area contributed by atoms with E-state index in [0.29, 0.717) is 32.2 Å². The van der Waals surface area contributed by atoms with Crippen LogP contribution in [0, 0.1) is 11.3 Å². The summed E-state index contributed by atoms with van der Waals surface area (Å²) in [5.41, 5.74) is 5.21. The van der Waals surface area contributed by atoms with Crippen molar-refractivity contribution in [3.8, 4) is 0 Å². The number of carbonyl (C=O) groups is 2. The molecular formula is C17H37N6O5P. The summed E-state index contributed by atoms with van der Waals surface area (Å²) in [6, 6.07) is -1.60. The molecule has 0 aliphatic heterocycles. The quantitative estimate of drug-likeness (QED) is 0.0794. The zero-order valence-electron chi connectivity index (χ0n) is 17.7. The van der Waals surface area contributed by atoms with Crippen LogP contribution in [-0.2, 0) is 14.2 Å². The third-order valence-corrected chi connectivity index (χ3v) is 5.65. The van der Waals surface area contributed by atoms with Crippen molar-refractivity contribution < 1.29 is 23.9 Å². The van der Waals surface area contributed by atoms with E-state index >= 15 is 0 Å². The number of rotatable bonds is 14. The van der Waals surface area contributed by atoms with Gasteiger partial charge in [0.25, 0.3) is 0 Å². The fourth-order valence-electron chi connectivity index (χ4n) is 2.82. The predicted octanol–water partition coefficient (Wildman–Crippen LogP) is -0.211. The number of amides is 2. The molecule has 0 rings (SSSR count). The normalized spacial score (nSPS) is 14.7. The van der Waals surface area contributed by atoms with E-state index < -0.39 is 31.4 Å². The first-order valence-corrected chi connectivity index (χ1v) is 11.5. The van der Waals surface area contributed by atoms with Crippen molar-refractivity contribution >= 4 is 25.4 Å². The van der Waals surface area contributed by atoms with Crippen LogP contribution in [0.5, 0.6) is 0 Å². The molecule has 0 radical (unpaired) electrons. The Balaban J connectivity index is 5.08. The highest BCUT2D eigenvalue weighted by Gasteiger charge is 2.33. The van der Waals surface area contributed by atoms with Gasteiger partial charge in [0, 0.05) is 13.6 Å². The van der Waals surface area contributed by atoms with E-state index in [-0.39, 0.29) is 24.2 Å². The molecule has 0 saturated heterocycles. The highest BCUT2D eigenvalue weighted by atomic mass is 31.2. The van der Waals surface area contributed by atoms with E-state index in [1.54, 1.807) is 6.92 Å². The Hall–Kier alpha value is -1.68. The van der Waals surface area contributed by atoms with Crippen molar-refractivity contribution in [2.24, 2.45) is 11.7 Å². The molecule has 29 heavy (non-hydrogen) atoms. The molecule has 0 saturated carbocycles. The molecule has 11 nitrogen and oxygen atoms in total. The van der Waals surface area contributed by atoms with Gasteiger partial charge in [-0.1, -0.05) is 20.8 Å². The summed E-state index contributed by atoms with van der Waals surface area (Å²) in [6.45, 7) is 5.92. The lowest BCUT2D eigenvalue weighted by atomic mass is 10.0. The minimum absolute atomic E-state index is 0.101. The topological polar surface area (TPSA) is 190 Å². The fraction of sp³-hybridized carbons (Fsp3) is 0.824. The second-order valence-corrected chi connectivity index (χ2v) is 9.18. The van der Waals surface area contributed by atoms with Crippen LogP contribution < -0.4 is 27.0 Å². The van der Waals surface area contributed by atoms with Crippen LogP contribution >= 0.6 is 7.60 Å². The minimum atomic E-state index is -4.41. The number of unbranched alkanes of at least 4 members (excludes halogenated alkanes) is 1. The third-order valence-electron chi connectivity index (χ3n) is 4.32. The molecule has 0 fully saturated rings. The number of hydrogen-bond acceptors (Lipinski definition) is 5. The Labute approximate surface area is 172 Å². The average molecular weight is 436 g/mol. The predicted molar refractivity (Wildman–Crippen MR) is 112 cm³/mol. The summed E-state index contributed by atoms with van der Waals surface area (Å²) in [5.74, 6) is -1.97. The van der Waals surface area contributed by atoms with Gasteiger partial charge >= 0.3 is 7.60 Å². The molecule has 0 heterocycles. The maximum Gasteiger partial charge on any atom is 0.342 e. The molecule has 170 valence electrons. The number of guanidine groups is 1. The van der Waals surface area contributed by atoms with E-state index in [1.807, 2.05) is 13.8 Å². The maximum atomic E-state index is 12.8. The summed E-state index contributed by atoms with van der Waals surface area (Å²) in [5, 5.41) is 17.8. The van der Waals surface area contributed by atoms with Gasteiger partial charge in [-0.2, -0.15) is 0 Å². The van der Waals surface area contributed by atoms with Crippen LogP contribution in [0.15, 0.2) is 0 Å². The first-order chi connectivity index (χ1) is 13.4. The van der Waals surface area contributed by atoms with Gasteiger partial charge in [0.05, 0.1) is 6.04 Å². The molecule has 0 aromatic carbocycles. The van der Waals surface area contributed by atoms with Crippen molar-refractivity contribution in [3.63, 3.8) is 0 Å². The lowest BCUT2D eigenvalue weighted by Gasteiger charge is -2.28. The summed E-state index contributed by atoms with van der Waals surface area (Å²) >= 11 is 0. The smallest absolute Gasteiger partial charge is 0.342 e. The van der Waals surface area contributed by atoms with Gasteiger partial charge in [-0.25, -0.2) is 0 Å². The molecule has 0 aliphatic rings. The average Bonchev–Trinajstić information content (AvgIpc) is 2.61. The largest absolute Gasteiger partial charge is 0.370 e. The van der Waals surface area contributed by atoms with Crippen LogP contribution in [0.4, 0.5) is 0 Å². The highest BCUT2D eigenvalue weighted by molar-refractivity contribution is 7.52. The second-order valence-electron chi connectivity index (χ2n) is 7.37. The summed E-state index contributed by atoms with van der Waals surface area (Å²) in [6.07, 6.45) is 2.18. The molecule has 0 spiro atoms. The Bertz CT molecular complexity index is 583. The van der Waals surface area contributed by atoms with Crippen LogP contribution in [-0.4, -0.2) is 59.0 Å². The van der Waals surface area contributed by atoms with Gasteiger partial charge in [0.1, 0.15) is 11.8 Å². The van der Waals surface area contributed by atoms with Gasteiger partial charge in [-0.15, -0.1) is 0 Å². The molecule has 2 amide bonds. The molecule has 12 heteroatoms. The Morgan fingerprint density at radius 2 is 1.76 bits per heavy atom. The maximum absolute atomic E-state index is 12.8. The van der Waals surface area contributed by atoms with Crippen molar-refractivity contribution in [1.29, 1.82) is 5.41 Å². The SMILES string of the molecule is CC[C@H](N[C@@H](CC(C)C)C(=O)N[C@@H](CCCCNC(=N)N)C(=O)NC)P(=O)(O)O. The Morgan fingerprint density at radius 3 is 2.21 bits per heavy atom. The summed E-state index contributed by atoms with van der Waals surface area (Å²) in [4.78, 5) is 43.9. The van der Waals surface area contributed by atoms with Crippen molar-refractivity contribution in [3.05, 3.63) is 0 Å². The fourth-order valence-corrected chi connectivity index (χ4v) is 3.67. The Kier molecular flexibility index (Phi) is 12.7. The van der Waals surface area contributed by atoms with E-state index in [1.165, 1.54) is 7.05 Å². The second kappa shape index (κ2) is 13.5. The lowest BCUT2D eigenvalue weighted by molar-refractivity contribution is -0.130. The van der Waals surface area contributed by atoms with Crippen LogP contribution in [0.25, 0.3) is 0 Å². The van der Waals surface area contributed by atoms with E-state index in [9.17, 15) is 23.9 Å². The van der Waals surface area contributed by atoms with Crippen LogP contribution in [0.2, 0.25) is 0 Å². The van der Waals surface area contributed by atoms with Gasteiger partial charge in [-0.3, -0.25) is 24.9 Å². The van der Waals surface area contributed by atoms with Crippen LogP contribution in [0.1, 0.15) is 52.9 Å². The van der Waals surface area contributed by atoms with Crippen molar-refractivity contribution in [1.82, 2.24) is 21.3 Å². The number of carbonyl (C=O) groups excluding carboxylic acids is 2. The molecule has 0 bridgehead atoms. The van der Waals surface area contributed by atoms with Crippen LogP contribution in [0.3, 0.4) is 0 Å². The van der Waals surface area contributed by atoms with Gasteiger partial charge in [0.2, 0.25) is 11.8 Å². The summed E-state index contributed by atoms with van der Waals surface area (Å²) in [7, 11) is -2.93. The third kappa shape index (κ3) is 11.8. The van der Waals surface area contributed by atoms with Crippen molar-refractivity contribution in [2.45, 2.75) is 70.7 Å². The molecule has 0 aromatic heterocycles. The monoisotopic (exact) mass is 436 g/mol. The van der Waals surface area contributed by atoms with E-state index in [0.717, 1.165) is 0 Å². The van der Waals surface area contributed by atoms with E-state index in [2.05, 4.69) is 21.3 Å². The first-order valence-electron chi connectivity index (χ1n) is 9.83. The lowest BCUT2D eigenvalue weighted by Crippen LogP contribution is -2.54. The molecule has 9 N–H and O–H groups in total. The molecule has 3 atom stereocenters. The molecular weight excluding hydrogens is 399 g/mol. The van der Waals surface area contributed by atoms with Gasteiger partial charge in [0.15, 0.2) is 5.96 Å². The van der Waals surface area contributed by atoms with Gasteiger partial charge in [-0.05, 0) is 38.0 Å². The summed E-state index contributed by atoms with van der Waals surface area (Å²) < 4.78 is 11.6. The molecule has 0 unspecified atom stereocenters. The van der Waals surface area contributed by atoms with Crippen molar-refractivity contribution in [2.75, 3.05) is 13.6 Å². The number of likely N-dealkylation sites (N-methyl/N-ethyl adjacent to an activating group) is 1. The molecule has 0 aliphatic carbocycles. The zero-order valence-corrected chi connectivity index (χ0v) is 18.6. The number of nitrogens with one attached hydrogen (secondary N) is 5. The highest BCUT2D eigenvalue weighted by Crippen LogP contribution is 2.41. The van der Waals surface area contributed by atoms with Gasteiger partial charge < -0.3 is 31.5 Å². The number of nitrogens with two attached hydrogens (primary N) is 1. The zero-order chi connectivity index (χ0) is 22.6. The molecule has 0 aromatic rings. The standard InChI is InChI=1S/C17H37N6O5P/c1-5-14(29(26,27)28)22-13(10-11(2)3)16(25)23-12(15(24)20-4)8-6-7-9-21-17(18)19/h11-14,22H,5-10H2,1-4H3,(H,20,24)(H,23,25)(H4,18,19,21)(H2,26,27,28)/t12-,13-,14+/m0/s1. The first kappa shape index (κ1) is 27.3. The Morgan fingerprint density at radius 1 is 1.14 bits per heavy atom.